The molecule has 3 aromatic rings. The number of thiazole rings is 1. The van der Waals surface area contributed by atoms with E-state index < -0.39 is 0 Å². The van der Waals surface area contributed by atoms with E-state index in [1.54, 1.807) is 32.4 Å². The Morgan fingerprint density at radius 1 is 1.00 bits per heavy atom. The molecule has 0 radical (unpaired) electrons. The highest BCUT2D eigenvalue weighted by atomic mass is 32.1. The first-order valence-electron chi connectivity index (χ1n) is 9.75. The Morgan fingerprint density at radius 3 is 2.37 bits per heavy atom. The molecule has 8 heteroatoms. The van der Waals surface area contributed by atoms with Gasteiger partial charge in [-0.05, 0) is 44.2 Å². The highest BCUT2D eigenvalue weighted by Crippen LogP contribution is 2.25. The van der Waals surface area contributed by atoms with Gasteiger partial charge in [0.2, 0.25) is 0 Å². The van der Waals surface area contributed by atoms with Crippen molar-refractivity contribution >= 4 is 27.5 Å². The van der Waals surface area contributed by atoms with Crippen LogP contribution in [0.2, 0.25) is 0 Å². The van der Waals surface area contributed by atoms with E-state index in [0.717, 1.165) is 16.0 Å². The minimum absolute atomic E-state index is 0.367. The third kappa shape index (κ3) is 5.01. The SMILES string of the molecule is CCOCCn1c(=NC(=O)c2cc(OC)cc(OC)c2)sc2cc(OCC)ccc21. The van der Waals surface area contributed by atoms with E-state index in [4.69, 9.17) is 18.9 Å². The first-order valence-corrected chi connectivity index (χ1v) is 10.6. The average Bonchev–Trinajstić information content (AvgIpc) is 3.10. The maximum Gasteiger partial charge on any atom is 0.279 e. The average molecular weight is 431 g/mol. The van der Waals surface area contributed by atoms with Crippen molar-refractivity contribution < 1.29 is 23.7 Å². The van der Waals surface area contributed by atoms with Crippen LogP contribution in [0, 0.1) is 0 Å². The Kier molecular flexibility index (Phi) is 7.48. The second kappa shape index (κ2) is 10.3. The number of hydrogen-bond donors (Lipinski definition) is 0. The van der Waals surface area contributed by atoms with E-state index in [9.17, 15) is 4.79 Å². The molecule has 0 aliphatic carbocycles. The summed E-state index contributed by atoms with van der Waals surface area (Å²) in [5.41, 5.74) is 1.38. The number of carbonyl (C=O) groups excluding carboxylic acids is 1. The zero-order valence-electron chi connectivity index (χ0n) is 17.6. The quantitative estimate of drug-likeness (QED) is 0.482. The molecule has 3 rings (SSSR count). The minimum atomic E-state index is -0.367. The van der Waals surface area contributed by atoms with Crippen LogP contribution in [-0.4, -0.2) is 44.5 Å². The number of benzene rings is 2. The molecule has 160 valence electrons. The maximum absolute atomic E-state index is 12.9. The lowest BCUT2D eigenvalue weighted by Crippen LogP contribution is -2.19. The number of ether oxygens (including phenoxy) is 4. The van der Waals surface area contributed by atoms with Crippen molar-refractivity contribution in [3.8, 4) is 17.2 Å². The summed E-state index contributed by atoms with van der Waals surface area (Å²) in [5.74, 6) is 1.50. The molecular formula is C22H26N2O5S. The number of hydrogen-bond acceptors (Lipinski definition) is 6. The van der Waals surface area contributed by atoms with E-state index in [1.807, 2.05) is 36.6 Å². The predicted octanol–water partition coefficient (Wildman–Crippen LogP) is 3.90. The number of methoxy groups -OCH3 is 2. The number of carbonyl (C=O) groups is 1. The summed E-state index contributed by atoms with van der Waals surface area (Å²) >= 11 is 1.44. The Hall–Kier alpha value is -2.84. The number of nitrogens with zero attached hydrogens (tertiary/aromatic N) is 2. The van der Waals surface area contributed by atoms with Crippen LogP contribution in [0.15, 0.2) is 41.4 Å². The van der Waals surface area contributed by atoms with Crippen molar-refractivity contribution in [1.82, 2.24) is 4.57 Å². The molecule has 0 N–H and O–H groups in total. The Morgan fingerprint density at radius 2 is 1.73 bits per heavy atom. The smallest absolute Gasteiger partial charge is 0.279 e. The van der Waals surface area contributed by atoms with Crippen molar-refractivity contribution in [2.45, 2.75) is 20.4 Å². The standard InChI is InChI=1S/C22H26N2O5S/c1-5-28-10-9-24-19-8-7-16(29-6-2)14-20(19)30-22(24)23-21(25)15-11-17(26-3)13-18(12-15)27-4/h7-8,11-14H,5-6,9-10H2,1-4H3. The van der Waals surface area contributed by atoms with Crippen LogP contribution < -0.4 is 19.0 Å². The first kappa shape index (κ1) is 21.9. The van der Waals surface area contributed by atoms with Gasteiger partial charge in [0.25, 0.3) is 5.91 Å². The molecule has 0 bridgehead atoms. The van der Waals surface area contributed by atoms with Crippen LogP contribution in [0.4, 0.5) is 0 Å². The largest absolute Gasteiger partial charge is 0.497 e. The van der Waals surface area contributed by atoms with Crippen LogP contribution in [-0.2, 0) is 11.3 Å². The van der Waals surface area contributed by atoms with Crippen molar-refractivity contribution in [3.63, 3.8) is 0 Å². The van der Waals surface area contributed by atoms with Crippen LogP contribution in [0.5, 0.6) is 17.2 Å². The second-order valence-electron chi connectivity index (χ2n) is 6.31. The molecule has 1 heterocycles. The number of fused-ring (bicyclic) bond motifs is 1. The van der Waals surface area contributed by atoms with Gasteiger partial charge >= 0.3 is 0 Å². The molecule has 0 saturated heterocycles. The molecule has 1 amide bonds. The van der Waals surface area contributed by atoms with Crippen molar-refractivity contribution in [3.05, 3.63) is 46.8 Å². The van der Waals surface area contributed by atoms with Gasteiger partial charge in [-0.3, -0.25) is 4.79 Å². The third-order valence-electron chi connectivity index (χ3n) is 4.42. The molecular weight excluding hydrogens is 404 g/mol. The van der Waals surface area contributed by atoms with Gasteiger partial charge in [0.1, 0.15) is 17.2 Å². The molecule has 0 saturated carbocycles. The van der Waals surface area contributed by atoms with Crippen molar-refractivity contribution in [1.29, 1.82) is 0 Å². The first-order chi connectivity index (χ1) is 14.6. The van der Waals surface area contributed by atoms with E-state index in [0.29, 0.717) is 48.2 Å². The van der Waals surface area contributed by atoms with Gasteiger partial charge in [0, 0.05) is 24.8 Å². The summed E-state index contributed by atoms with van der Waals surface area (Å²) < 4.78 is 24.7. The summed E-state index contributed by atoms with van der Waals surface area (Å²) in [6.07, 6.45) is 0. The fourth-order valence-corrected chi connectivity index (χ4v) is 4.08. The van der Waals surface area contributed by atoms with Gasteiger partial charge in [0.05, 0.1) is 37.6 Å². The zero-order valence-corrected chi connectivity index (χ0v) is 18.5. The number of rotatable bonds is 9. The fraction of sp³-hybridized carbons (Fsp3) is 0.364. The molecule has 0 unspecified atom stereocenters. The maximum atomic E-state index is 12.9. The minimum Gasteiger partial charge on any atom is -0.497 e. The van der Waals surface area contributed by atoms with Gasteiger partial charge in [-0.1, -0.05) is 11.3 Å². The fourth-order valence-electron chi connectivity index (χ4n) is 2.99. The van der Waals surface area contributed by atoms with Gasteiger partial charge < -0.3 is 23.5 Å². The lowest BCUT2D eigenvalue weighted by Gasteiger charge is -2.07. The van der Waals surface area contributed by atoms with Crippen molar-refractivity contribution in [2.75, 3.05) is 34.0 Å². The zero-order chi connectivity index (χ0) is 21.5. The highest BCUT2D eigenvalue weighted by Gasteiger charge is 2.12. The van der Waals surface area contributed by atoms with Crippen LogP contribution >= 0.6 is 11.3 Å². The topological polar surface area (TPSA) is 71.3 Å². The molecule has 30 heavy (non-hydrogen) atoms. The molecule has 1 aromatic heterocycles. The van der Waals surface area contributed by atoms with E-state index in [2.05, 4.69) is 4.99 Å². The lowest BCUT2D eigenvalue weighted by molar-refractivity contribution is 0.0996. The lowest BCUT2D eigenvalue weighted by atomic mass is 10.2. The summed E-state index contributed by atoms with van der Waals surface area (Å²) in [6, 6.07) is 10.9. The second-order valence-corrected chi connectivity index (χ2v) is 7.32. The van der Waals surface area contributed by atoms with E-state index in [1.165, 1.54) is 11.3 Å². The third-order valence-corrected chi connectivity index (χ3v) is 5.47. The molecule has 7 nitrogen and oxygen atoms in total. The van der Waals surface area contributed by atoms with E-state index in [-0.39, 0.29) is 5.91 Å². The highest BCUT2D eigenvalue weighted by molar-refractivity contribution is 7.16. The number of aromatic nitrogens is 1. The summed E-state index contributed by atoms with van der Waals surface area (Å²) in [7, 11) is 3.09. The van der Waals surface area contributed by atoms with Gasteiger partial charge in [0.15, 0.2) is 4.80 Å². The van der Waals surface area contributed by atoms with Gasteiger partial charge in [-0.15, -0.1) is 0 Å². The van der Waals surface area contributed by atoms with Gasteiger partial charge in [-0.25, -0.2) is 0 Å². The van der Waals surface area contributed by atoms with Crippen LogP contribution in [0.25, 0.3) is 10.2 Å². The molecule has 0 aliphatic heterocycles. The summed E-state index contributed by atoms with van der Waals surface area (Å²) in [5, 5.41) is 0. The molecule has 0 fully saturated rings. The van der Waals surface area contributed by atoms with Crippen LogP contribution in [0.1, 0.15) is 24.2 Å². The normalized spacial score (nSPS) is 11.7. The summed E-state index contributed by atoms with van der Waals surface area (Å²) in [4.78, 5) is 17.9. The molecule has 0 spiro atoms. The summed E-state index contributed by atoms with van der Waals surface area (Å²) in [6.45, 7) is 6.25. The van der Waals surface area contributed by atoms with Gasteiger partial charge in [-0.2, -0.15) is 4.99 Å². The Labute approximate surface area is 179 Å². The molecule has 0 atom stereocenters. The molecule has 0 aliphatic rings. The van der Waals surface area contributed by atoms with Crippen molar-refractivity contribution in [2.24, 2.45) is 4.99 Å². The Bertz CT molecular complexity index is 1060. The van der Waals surface area contributed by atoms with E-state index >= 15 is 0 Å². The predicted molar refractivity (Wildman–Crippen MR) is 117 cm³/mol. The monoisotopic (exact) mass is 430 g/mol. The number of amides is 1. The van der Waals surface area contributed by atoms with Crippen LogP contribution in [0.3, 0.4) is 0 Å². The Balaban J connectivity index is 2.07. The molecule has 2 aromatic carbocycles.